The molecule has 8 heteroatoms. The molecule has 2 amide bonds. The van der Waals surface area contributed by atoms with Gasteiger partial charge in [0.1, 0.15) is 10.6 Å². The fourth-order valence-corrected chi connectivity index (χ4v) is 4.73. The topological polar surface area (TPSA) is 49.4 Å². The van der Waals surface area contributed by atoms with Gasteiger partial charge >= 0.3 is 0 Å². The largest absolute Gasteiger partial charge is 0.350 e. The van der Waals surface area contributed by atoms with Gasteiger partial charge < -0.3 is 5.32 Å². The molecular weight excluding hydrogens is 499 g/mol. The van der Waals surface area contributed by atoms with Crippen molar-refractivity contribution in [2.24, 2.45) is 0 Å². The quantitative estimate of drug-likeness (QED) is 0.339. The Balaban J connectivity index is 1.74. The van der Waals surface area contributed by atoms with Gasteiger partial charge in [0.15, 0.2) is 0 Å². The van der Waals surface area contributed by atoms with Crippen LogP contribution in [0.4, 0.5) is 11.4 Å². The van der Waals surface area contributed by atoms with Crippen molar-refractivity contribution in [1.82, 2.24) is 0 Å². The normalized spacial score (nSPS) is 13.9. The van der Waals surface area contributed by atoms with Crippen LogP contribution in [-0.4, -0.2) is 11.8 Å². The van der Waals surface area contributed by atoms with Gasteiger partial charge in [0, 0.05) is 20.6 Å². The van der Waals surface area contributed by atoms with Crippen LogP contribution < -0.4 is 10.2 Å². The van der Waals surface area contributed by atoms with Crippen LogP contribution in [0, 0.1) is 0 Å². The highest BCUT2D eigenvalue weighted by Gasteiger charge is 2.41. The molecule has 4 rings (SSSR count). The predicted octanol–water partition coefficient (Wildman–Crippen LogP) is 7.76. The predicted molar refractivity (Wildman–Crippen MR) is 137 cm³/mol. The Morgan fingerprint density at radius 1 is 0.818 bits per heavy atom. The molecule has 0 unspecified atom stereocenters. The molecule has 0 radical (unpaired) electrons. The molecule has 0 aliphatic carbocycles. The van der Waals surface area contributed by atoms with E-state index in [0.717, 1.165) is 9.80 Å². The number of hydrogen-bond donors (Lipinski definition) is 1. The van der Waals surface area contributed by atoms with Crippen molar-refractivity contribution in [3.8, 4) is 0 Å². The highest BCUT2D eigenvalue weighted by atomic mass is 35.5. The van der Waals surface area contributed by atoms with Gasteiger partial charge in [0.25, 0.3) is 11.8 Å². The molecule has 33 heavy (non-hydrogen) atoms. The van der Waals surface area contributed by atoms with Gasteiger partial charge in [-0.05, 0) is 66.1 Å². The van der Waals surface area contributed by atoms with Crippen molar-refractivity contribution in [3.05, 3.63) is 98.0 Å². The van der Waals surface area contributed by atoms with Gasteiger partial charge in [-0.3, -0.25) is 9.59 Å². The molecule has 4 nitrogen and oxygen atoms in total. The van der Waals surface area contributed by atoms with E-state index in [4.69, 9.17) is 34.8 Å². The maximum absolute atomic E-state index is 13.5. The second-order valence-corrected chi connectivity index (χ2v) is 10.1. The summed E-state index contributed by atoms with van der Waals surface area (Å²) in [6.07, 6.45) is 0. The van der Waals surface area contributed by atoms with Crippen LogP contribution in [0.2, 0.25) is 15.1 Å². The summed E-state index contributed by atoms with van der Waals surface area (Å²) in [7, 11) is 0. The highest BCUT2D eigenvalue weighted by Crippen LogP contribution is 2.40. The lowest BCUT2D eigenvalue weighted by Crippen LogP contribution is -2.32. The summed E-state index contributed by atoms with van der Waals surface area (Å²) in [5, 5.41) is 4.35. The number of carbonyl (C=O) groups is 2. The molecule has 1 aliphatic heterocycles. The van der Waals surface area contributed by atoms with E-state index in [-0.39, 0.29) is 21.3 Å². The monoisotopic (exact) mass is 516 g/mol. The van der Waals surface area contributed by atoms with Gasteiger partial charge in [-0.2, -0.15) is 0 Å². The molecule has 1 N–H and O–H groups in total. The third kappa shape index (κ3) is 5.07. The first-order valence-corrected chi connectivity index (χ1v) is 12.1. The van der Waals surface area contributed by atoms with Gasteiger partial charge in [-0.1, -0.05) is 72.5 Å². The first-order chi connectivity index (χ1) is 15.7. The third-order valence-electron chi connectivity index (χ3n) is 5.07. The van der Waals surface area contributed by atoms with Crippen LogP contribution >= 0.6 is 46.6 Å². The molecule has 0 saturated carbocycles. The van der Waals surface area contributed by atoms with E-state index in [1.165, 1.54) is 23.4 Å². The smallest absolute Gasteiger partial charge is 0.283 e. The average molecular weight is 518 g/mol. The second-order valence-electron chi connectivity index (χ2n) is 7.70. The summed E-state index contributed by atoms with van der Waals surface area (Å²) < 4.78 is 0. The summed E-state index contributed by atoms with van der Waals surface area (Å²) in [4.78, 5) is 29.0. The Bertz CT molecular complexity index is 1260. The van der Waals surface area contributed by atoms with Crippen molar-refractivity contribution < 1.29 is 9.59 Å². The minimum Gasteiger partial charge on any atom is -0.350 e. The summed E-state index contributed by atoms with van der Waals surface area (Å²) in [5.74, 6) is -0.608. The van der Waals surface area contributed by atoms with Crippen LogP contribution in [0.3, 0.4) is 0 Å². The van der Waals surface area contributed by atoms with Gasteiger partial charge in [0.2, 0.25) is 0 Å². The van der Waals surface area contributed by atoms with Crippen molar-refractivity contribution in [2.45, 2.75) is 24.7 Å². The molecule has 0 fully saturated rings. The average Bonchev–Trinajstić information content (AvgIpc) is 3.01. The van der Waals surface area contributed by atoms with Crippen molar-refractivity contribution in [2.75, 3.05) is 10.2 Å². The zero-order valence-electron chi connectivity index (χ0n) is 17.7. The van der Waals surface area contributed by atoms with Crippen molar-refractivity contribution >= 4 is 69.8 Å². The van der Waals surface area contributed by atoms with E-state index >= 15 is 0 Å². The number of rotatable bonds is 6. The number of imide groups is 1. The Morgan fingerprint density at radius 3 is 2.09 bits per heavy atom. The molecule has 168 valence electrons. The first kappa shape index (κ1) is 23.7. The zero-order valence-corrected chi connectivity index (χ0v) is 20.8. The highest BCUT2D eigenvalue weighted by molar-refractivity contribution is 8.04. The number of anilines is 2. The lowest BCUT2D eigenvalue weighted by Gasteiger charge is -2.17. The Kier molecular flexibility index (Phi) is 7.05. The van der Waals surface area contributed by atoms with Gasteiger partial charge in [-0.25, -0.2) is 4.90 Å². The van der Waals surface area contributed by atoms with Crippen LogP contribution in [0.1, 0.15) is 25.3 Å². The lowest BCUT2D eigenvalue weighted by atomic mass is 10.0. The Morgan fingerprint density at radius 2 is 1.45 bits per heavy atom. The third-order valence-corrected chi connectivity index (χ3v) is 6.97. The number of hydrogen-bond acceptors (Lipinski definition) is 4. The molecule has 3 aromatic rings. The number of carbonyl (C=O) groups excluding carboxylic acids is 2. The van der Waals surface area contributed by atoms with Crippen molar-refractivity contribution in [1.29, 1.82) is 0 Å². The molecule has 1 heterocycles. The molecule has 0 aromatic heterocycles. The van der Waals surface area contributed by atoms with Crippen LogP contribution in [0.15, 0.2) is 82.2 Å². The van der Waals surface area contributed by atoms with E-state index in [9.17, 15) is 9.59 Å². The minimum atomic E-state index is -0.506. The number of thioether (sulfide) groups is 1. The summed E-state index contributed by atoms with van der Waals surface area (Å²) in [6, 6.07) is 19.5. The summed E-state index contributed by atoms with van der Waals surface area (Å²) >= 11 is 19.6. The standard InChI is InChI=1S/C25H19Cl3N2O2S/c1-14(2)15-3-8-18(9-4-15)29-22-23(33-19-10-5-16(26)6-11-19)25(32)30(24(22)31)21-13-17(27)7-12-20(21)28/h3-14,29H,1-2H3. The zero-order chi connectivity index (χ0) is 23.7. The number of benzene rings is 3. The Hall–Kier alpha value is -2.44. The maximum Gasteiger partial charge on any atom is 0.283 e. The van der Waals surface area contributed by atoms with E-state index in [1.807, 2.05) is 24.3 Å². The summed E-state index contributed by atoms with van der Waals surface area (Å²) in [6.45, 7) is 4.22. The van der Waals surface area contributed by atoms with Gasteiger partial charge in [0.05, 0.1) is 10.7 Å². The van der Waals surface area contributed by atoms with Gasteiger partial charge in [-0.15, -0.1) is 0 Å². The maximum atomic E-state index is 13.5. The fraction of sp³-hybridized carbons (Fsp3) is 0.120. The molecule has 1 aliphatic rings. The summed E-state index contributed by atoms with van der Waals surface area (Å²) in [5.41, 5.74) is 2.28. The number of halogens is 3. The van der Waals surface area contributed by atoms with Crippen LogP contribution in [-0.2, 0) is 9.59 Å². The second kappa shape index (κ2) is 9.82. The molecular formula is C25H19Cl3N2O2S. The number of amides is 2. The van der Waals surface area contributed by atoms with Crippen molar-refractivity contribution in [3.63, 3.8) is 0 Å². The SMILES string of the molecule is CC(C)c1ccc(NC2=C(Sc3ccc(Cl)cc3)C(=O)N(c3cc(Cl)ccc3Cl)C2=O)cc1. The van der Waals surface area contributed by atoms with Crippen LogP contribution in [0.5, 0.6) is 0 Å². The van der Waals surface area contributed by atoms with Crippen LogP contribution in [0.25, 0.3) is 0 Å². The number of nitrogens with one attached hydrogen (secondary N) is 1. The van der Waals surface area contributed by atoms with E-state index in [2.05, 4.69) is 19.2 Å². The Labute approximate surface area is 211 Å². The minimum absolute atomic E-state index is 0.174. The molecule has 0 saturated heterocycles. The van der Waals surface area contributed by atoms with E-state index in [0.29, 0.717) is 21.7 Å². The molecule has 0 spiro atoms. The fourth-order valence-electron chi connectivity index (χ4n) is 3.31. The number of nitrogens with zero attached hydrogens (tertiary/aromatic N) is 1. The van der Waals surface area contributed by atoms with E-state index < -0.39 is 11.8 Å². The first-order valence-electron chi connectivity index (χ1n) is 10.1. The lowest BCUT2D eigenvalue weighted by molar-refractivity contribution is -0.120. The van der Waals surface area contributed by atoms with E-state index in [1.54, 1.807) is 36.4 Å². The molecule has 0 bridgehead atoms. The molecule has 0 atom stereocenters. The molecule has 3 aromatic carbocycles.